The molecule has 0 aliphatic rings. The zero-order chi connectivity index (χ0) is 36.6. The minimum atomic E-state index is 0.925. The molecule has 0 atom stereocenters. The zero-order valence-corrected chi connectivity index (χ0v) is 30.6. The highest BCUT2D eigenvalue weighted by molar-refractivity contribution is 6.10. The molecule has 0 aliphatic heterocycles. The standard InChI is InChI=1S/C51H36N4/c1-33-26-34(2)28-38(27-33)55-50-25-12-7-20-45(50)52-51(55)36-15-13-14-35(29-36)37-30-39(53-46-21-8-3-16-41(46)42-17-4-9-22-47(42)53)32-40(31-37)54-48-23-10-5-18-43(48)44-19-6-11-24-49(44)54/h3-32H,1-2H3. The summed E-state index contributed by atoms with van der Waals surface area (Å²) in [4.78, 5) is 5.26. The van der Waals surface area contributed by atoms with E-state index in [2.05, 4.69) is 210 Å². The number of hydrogen-bond acceptors (Lipinski definition) is 1. The lowest BCUT2D eigenvalue weighted by Crippen LogP contribution is -2.00. The topological polar surface area (TPSA) is 27.7 Å². The van der Waals surface area contributed by atoms with Crippen molar-refractivity contribution in [3.05, 3.63) is 193 Å². The summed E-state index contributed by atoms with van der Waals surface area (Å²) in [7, 11) is 0. The lowest BCUT2D eigenvalue weighted by atomic mass is 10.0. The molecule has 4 nitrogen and oxygen atoms in total. The molecule has 0 saturated carbocycles. The monoisotopic (exact) mass is 704 g/mol. The van der Waals surface area contributed by atoms with Gasteiger partial charge in [0.2, 0.25) is 0 Å². The lowest BCUT2D eigenvalue weighted by molar-refractivity contribution is 1.09. The highest BCUT2D eigenvalue weighted by atomic mass is 15.1. The Morgan fingerprint density at radius 1 is 0.327 bits per heavy atom. The SMILES string of the molecule is Cc1cc(C)cc(-n2c(-c3cccc(-c4cc(-n5c6ccccc6c6ccccc65)cc(-n5c6ccccc6c6ccccc65)c4)c3)nc3ccccc32)c1. The summed E-state index contributed by atoms with van der Waals surface area (Å²) in [5, 5.41) is 4.98. The van der Waals surface area contributed by atoms with Crippen LogP contribution in [0.15, 0.2) is 182 Å². The van der Waals surface area contributed by atoms with E-state index in [-0.39, 0.29) is 0 Å². The van der Waals surface area contributed by atoms with Crippen LogP contribution in [0, 0.1) is 13.8 Å². The largest absolute Gasteiger partial charge is 0.309 e. The van der Waals surface area contributed by atoms with E-state index in [9.17, 15) is 0 Å². The van der Waals surface area contributed by atoms with Gasteiger partial charge in [0.05, 0.1) is 33.1 Å². The first-order valence-corrected chi connectivity index (χ1v) is 18.9. The van der Waals surface area contributed by atoms with E-state index in [0.29, 0.717) is 0 Å². The Labute approximate surface area is 318 Å². The van der Waals surface area contributed by atoms with Crippen molar-refractivity contribution in [2.45, 2.75) is 13.8 Å². The minimum absolute atomic E-state index is 0.925. The van der Waals surface area contributed by atoms with E-state index in [1.54, 1.807) is 0 Å². The second-order valence-corrected chi connectivity index (χ2v) is 14.7. The van der Waals surface area contributed by atoms with Crippen molar-refractivity contribution in [1.29, 1.82) is 0 Å². The second kappa shape index (κ2) is 12.2. The predicted molar refractivity (Wildman–Crippen MR) is 230 cm³/mol. The summed E-state index contributed by atoms with van der Waals surface area (Å²) in [6.07, 6.45) is 0. The molecule has 3 heterocycles. The Morgan fingerprint density at radius 2 is 0.764 bits per heavy atom. The second-order valence-electron chi connectivity index (χ2n) is 14.7. The van der Waals surface area contributed by atoms with Crippen molar-refractivity contribution in [2.75, 3.05) is 0 Å². The van der Waals surface area contributed by atoms with Gasteiger partial charge in [0.15, 0.2) is 0 Å². The van der Waals surface area contributed by atoms with E-state index >= 15 is 0 Å². The molecule has 0 saturated heterocycles. The van der Waals surface area contributed by atoms with E-state index in [4.69, 9.17) is 4.98 Å². The Hall–Kier alpha value is -7.17. The van der Waals surface area contributed by atoms with E-state index < -0.39 is 0 Å². The van der Waals surface area contributed by atoms with Crippen molar-refractivity contribution in [3.8, 4) is 39.6 Å². The minimum Gasteiger partial charge on any atom is -0.309 e. The smallest absolute Gasteiger partial charge is 0.145 e. The Bertz CT molecular complexity index is 3040. The third-order valence-corrected chi connectivity index (χ3v) is 11.1. The van der Waals surface area contributed by atoms with Crippen molar-refractivity contribution in [3.63, 3.8) is 0 Å². The van der Waals surface area contributed by atoms with Gasteiger partial charge in [0.1, 0.15) is 5.82 Å². The molecule has 55 heavy (non-hydrogen) atoms. The Kier molecular flexibility index (Phi) is 6.95. The molecular formula is C51H36N4. The number of aromatic nitrogens is 4. The summed E-state index contributed by atoms with van der Waals surface area (Å²) in [5.41, 5.74) is 15.9. The van der Waals surface area contributed by atoms with Crippen molar-refractivity contribution >= 4 is 54.6 Å². The van der Waals surface area contributed by atoms with Crippen molar-refractivity contribution in [2.24, 2.45) is 0 Å². The number of hydrogen-bond donors (Lipinski definition) is 0. The van der Waals surface area contributed by atoms with Crippen LogP contribution >= 0.6 is 0 Å². The molecule has 260 valence electrons. The summed E-state index contributed by atoms with van der Waals surface area (Å²) < 4.78 is 7.16. The van der Waals surface area contributed by atoms with Gasteiger partial charge in [-0.25, -0.2) is 4.98 Å². The molecule has 0 unspecified atom stereocenters. The van der Waals surface area contributed by atoms with Gasteiger partial charge in [-0.2, -0.15) is 0 Å². The Morgan fingerprint density at radius 3 is 1.29 bits per heavy atom. The lowest BCUT2D eigenvalue weighted by Gasteiger charge is -2.16. The van der Waals surface area contributed by atoms with Gasteiger partial charge in [0, 0.05) is 44.2 Å². The molecule has 0 amide bonds. The highest BCUT2D eigenvalue weighted by Crippen LogP contribution is 2.39. The highest BCUT2D eigenvalue weighted by Gasteiger charge is 2.19. The van der Waals surface area contributed by atoms with Gasteiger partial charge in [-0.3, -0.25) is 4.57 Å². The molecule has 0 bridgehead atoms. The molecule has 11 rings (SSSR count). The molecule has 11 aromatic rings. The van der Waals surface area contributed by atoms with Crippen molar-refractivity contribution in [1.82, 2.24) is 18.7 Å². The number of nitrogens with zero attached hydrogens (tertiary/aromatic N) is 4. The molecule has 0 radical (unpaired) electrons. The van der Waals surface area contributed by atoms with Gasteiger partial charge in [-0.15, -0.1) is 0 Å². The van der Waals surface area contributed by atoms with Crippen LogP contribution in [0.1, 0.15) is 11.1 Å². The van der Waals surface area contributed by atoms with Gasteiger partial charge < -0.3 is 9.13 Å². The molecule has 0 aliphatic carbocycles. The first kappa shape index (κ1) is 31.4. The van der Waals surface area contributed by atoms with Gasteiger partial charge in [0.25, 0.3) is 0 Å². The number of para-hydroxylation sites is 6. The number of benzene rings is 8. The molecule has 0 spiro atoms. The maximum absolute atomic E-state index is 5.26. The fourth-order valence-electron chi connectivity index (χ4n) is 8.82. The quantitative estimate of drug-likeness (QED) is 0.175. The Balaban J connectivity index is 1.19. The van der Waals surface area contributed by atoms with Crippen LogP contribution in [0.4, 0.5) is 0 Å². The maximum atomic E-state index is 5.26. The average Bonchev–Trinajstić information content (AvgIpc) is 3.89. The first-order valence-electron chi connectivity index (χ1n) is 18.9. The third-order valence-electron chi connectivity index (χ3n) is 11.1. The van der Waals surface area contributed by atoms with Crippen LogP contribution in [-0.2, 0) is 0 Å². The fourth-order valence-corrected chi connectivity index (χ4v) is 8.82. The van der Waals surface area contributed by atoms with Gasteiger partial charge in [-0.1, -0.05) is 109 Å². The molecule has 3 aromatic heterocycles. The molecule has 0 N–H and O–H groups in total. The molecular weight excluding hydrogens is 669 g/mol. The summed E-state index contributed by atoms with van der Waals surface area (Å²) >= 11 is 0. The van der Waals surface area contributed by atoms with Crippen LogP contribution < -0.4 is 0 Å². The first-order chi connectivity index (χ1) is 27.1. The average molecular weight is 705 g/mol. The van der Waals surface area contributed by atoms with Crippen LogP contribution in [0.5, 0.6) is 0 Å². The zero-order valence-electron chi connectivity index (χ0n) is 30.6. The summed E-state index contributed by atoms with van der Waals surface area (Å²) in [6, 6.07) is 66.1. The van der Waals surface area contributed by atoms with E-state index in [1.807, 2.05) is 0 Å². The van der Waals surface area contributed by atoms with Crippen LogP contribution in [-0.4, -0.2) is 18.7 Å². The number of fused-ring (bicyclic) bond motifs is 7. The van der Waals surface area contributed by atoms with Gasteiger partial charge >= 0.3 is 0 Å². The van der Waals surface area contributed by atoms with Crippen molar-refractivity contribution < 1.29 is 0 Å². The van der Waals surface area contributed by atoms with E-state index in [0.717, 1.165) is 50.6 Å². The normalized spacial score (nSPS) is 11.8. The summed E-state index contributed by atoms with van der Waals surface area (Å²) in [5.74, 6) is 0.925. The molecule has 0 fully saturated rings. The van der Waals surface area contributed by atoms with Crippen LogP contribution in [0.3, 0.4) is 0 Å². The number of imidazole rings is 1. The maximum Gasteiger partial charge on any atom is 0.145 e. The van der Waals surface area contributed by atoms with E-state index in [1.165, 1.54) is 54.7 Å². The fraction of sp³-hybridized carbons (Fsp3) is 0.0392. The molecule has 4 heteroatoms. The predicted octanol–water partition coefficient (Wildman–Crippen LogP) is 13.2. The molecule has 8 aromatic carbocycles. The van der Waals surface area contributed by atoms with Gasteiger partial charge in [-0.05, 0) is 109 Å². The van der Waals surface area contributed by atoms with Crippen LogP contribution in [0.25, 0.3) is 94.2 Å². The van der Waals surface area contributed by atoms with Crippen LogP contribution in [0.2, 0.25) is 0 Å². The summed E-state index contributed by atoms with van der Waals surface area (Å²) in [6.45, 7) is 4.32. The third kappa shape index (κ3) is 4.95. The number of rotatable bonds is 5. The number of aryl methyl sites for hydroxylation is 2.